The van der Waals surface area contributed by atoms with Crippen molar-refractivity contribution in [1.82, 2.24) is 9.80 Å². The maximum Gasteiger partial charge on any atom is 0.410 e. The molecule has 8 nitrogen and oxygen atoms in total. The molecule has 3 aromatic carbocycles. The molecule has 0 atom stereocenters. The molecule has 0 aliphatic carbocycles. The predicted molar refractivity (Wildman–Crippen MR) is 160 cm³/mol. The zero-order valence-electron chi connectivity index (χ0n) is 24.7. The summed E-state index contributed by atoms with van der Waals surface area (Å²) in [5.74, 6) is -0.476. The number of anilines is 1. The number of phenols is 1. The molecule has 0 spiro atoms. The number of hydrogen-bond acceptors (Lipinski definition) is 5. The zero-order chi connectivity index (χ0) is 29.9. The molecule has 0 aromatic heterocycles. The third-order valence-corrected chi connectivity index (χ3v) is 6.87. The highest BCUT2D eigenvalue weighted by molar-refractivity contribution is 6.05. The first kappa shape index (κ1) is 29.6. The average molecular weight is 558 g/mol. The van der Waals surface area contributed by atoms with Crippen LogP contribution in [0.5, 0.6) is 5.75 Å². The Morgan fingerprint density at radius 1 is 0.732 bits per heavy atom. The van der Waals surface area contributed by atoms with Gasteiger partial charge in [-0.2, -0.15) is 0 Å². The molecule has 3 aromatic rings. The average Bonchev–Trinajstić information content (AvgIpc) is 2.91. The van der Waals surface area contributed by atoms with Crippen LogP contribution < -0.4 is 5.32 Å². The quantitative estimate of drug-likeness (QED) is 0.392. The number of hydrogen-bond donors (Lipinski definition) is 2. The number of piperazine rings is 1. The lowest BCUT2D eigenvalue weighted by molar-refractivity contribution is 0.0141. The molecule has 1 saturated heterocycles. The van der Waals surface area contributed by atoms with Crippen molar-refractivity contribution < 1.29 is 24.2 Å². The van der Waals surface area contributed by atoms with Crippen LogP contribution in [0.2, 0.25) is 0 Å². The number of benzene rings is 3. The number of ether oxygens (including phenoxy) is 1. The molecule has 41 heavy (non-hydrogen) atoms. The van der Waals surface area contributed by atoms with Gasteiger partial charge in [-0.25, -0.2) is 4.79 Å². The normalized spacial score (nSPS) is 14.0. The molecule has 1 fully saturated rings. The minimum absolute atomic E-state index is 0.0135. The second kappa shape index (κ2) is 11.6. The van der Waals surface area contributed by atoms with E-state index in [1.54, 1.807) is 46.2 Å². The fraction of sp³-hybridized carbons (Fsp3) is 0.364. The van der Waals surface area contributed by atoms with Crippen LogP contribution in [0.1, 0.15) is 67.8 Å². The maximum absolute atomic E-state index is 13.1. The summed E-state index contributed by atoms with van der Waals surface area (Å²) >= 11 is 0. The largest absolute Gasteiger partial charge is 0.508 e. The number of nitrogens with zero attached hydrogens (tertiary/aromatic N) is 2. The van der Waals surface area contributed by atoms with Crippen molar-refractivity contribution >= 4 is 23.6 Å². The van der Waals surface area contributed by atoms with Gasteiger partial charge in [0.25, 0.3) is 11.8 Å². The van der Waals surface area contributed by atoms with Crippen LogP contribution in [0.15, 0.2) is 66.7 Å². The van der Waals surface area contributed by atoms with Gasteiger partial charge in [0.1, 0.15) is 11.4 Å². The van der Waals surface area contributed by atoms with Crippen LogP contribution >= 0.6 is 0 Å². The highest BCUT2D eigenvalue weighted by atomic mass is 16.6. The molecule has 0 saturated carbocycles. The molecule has 3 amide bonds. The van der Waals surface area contributed by atoms with E-state index in [4.69, 9.17) is 4.74 Å². The zero-order valence-corrected chi connectivity index (χ0v) is 24.7. The van der Waals surface area contributed by atoms with Crippen LogP contribution in [-0.2, 0) is 10.2 Å². The molecule has 2 N–H and O–H groups in total. The topological polar surface area (TPSA) is 99.2 Å². The summed E-state index contributed by atoms with van der Waals surface area (Å²) in [5.41, 5.74) is 3.55. The number of phenolic OH excluding ortho intramolecular Hbond substituents is 1. The van der Waals surface area contributed by atoms with Gasteiger partial charge in [-0.15, -0.1) is 0 Å². The predicted octanol–water partition coefficient (Wildman–Crippen LogP) is 6.30. The standard InChI is InChI=1S/C33H39N3O5/c1-32(2,3)26-11-13-27(14-12-26)34-29(38)25-19-24(20-28(37)21-25)22-7-9-23(10-8-22)30(39)35-15-17-36(18-16-35)31(40)41-33(4,5)6/h7-14,19-21,37H,15-18H2,1-6H3,(H,34,38). The van der Waals surface area contributed by atoms with E-state index in [9.17, 15) is 19.5 Å². The first-order chi connectivity index (χ1) is 19.2. The second-order valence-electron chi connectivity index (χ2n) is 12.4. The molecule has 4 rings (SSSR count). The van der Waals surface area contributed by atoms with Crippen LogP contribution in [0, 0.1) is 0 Å². The molecule has 0 bridgehead atoms. The van der Waals surface area contributed by atoms with Gasteiger partial charge in [0.05, 0.1) is 0 Å². The molecule has 1 heterocycles. The number of amides is 3. The number of carbonyl (C=O) groups is 3. The van der Waals surface area contributed by atoms with Gasteiger partial charge in [0.15, 0.2) is 0 Å². The molecule has 1 aliphatic heterocycles. The Hall–Kier alpha value is -4.33. The van der Waals surface area contributed by atoms with Gasteiger partial charge in [-0.3, -0.25) is 9.59 Å². The van der Waals surface area contributed by atoms with Crippen LogP contribution in [0.25, 0.3) is 11.1 Å². The van der Waals surface area contributed by atoms with E-state index in [-0.39, 0.29) is 29.1 Å². The minimum atomic E-state index is -0.565. The number of nitrogens with one attached hydrogen (secondary N) is 1. The van der Waals surface area contributed by atoms with Gasteiger partial charge in [0.2, 0.25) is 0 Å². The van der Waals surface area contributed by atoms with Gasteiger partial charge < -0.3 is 25.0 Å². The SMILES string of the molecule is CC(C)(C)OC(=O)N1CCN(C(=O)c2ccc(-c3cc(O)cc(C(=O)Nc4ccc(C(C)(C)C)cc4)c3)cc2)CC1. The Kier molecular flexibility index (Phi) is 8.42. The first-order valence-electron chi connectivity index (χ1n) is 13.8. The van der Waals surface area contributed by atoms with E-state index in [1.165, 1.54) is 11.6 Å². The highest BCUT2D eigenvalue weighted by Gasteiger charge is 2.28. The molecule has 1 aliphatic rings. The van der Waals surface area contributed by atoms with E-state index < -0.39 is 5.60 Å². The summed E-state index contributed by atoms with van der Waals surface area (Å²) in [6, 6.07) is 19.5. The van der Waals surface area contributed by atoms with Gasteiger partial charge in [0, 0.05) is 43.0 Å². The summed E-state index contributed by atoms with van der Waals surface area (Å²) in [5, 5.41) is 13.2. The second-order valence-corrected chi connectivity index (χ2v) is 12.4. The first-order valence-corrected chi connectivity index (χ1v) is 13.8. The van der Waals surface area contributed by atoms with Crippen molar-refractivity contribution in [2.75, 3.05) is 31.5 Å². The lowest BCUT2D eigenvalue weighted by Crippen LogP contribution is -2.51. The molecular weight excluding hydrogens is 518 g/mol. The van der Waals surface area contributed by atoms with Crippen molar-refractivity contribution in [1.29, 1.82) is 0 Å². The van der Waals surface area contributed by atoms with Gasteiger partial charge in [-0.1, -0.05) is 45.0 Å². The van der Waals surface area contributed by atoms with Crippen LogP contribution in [0.4, 0.5) is 10.5 Å². The molecular formula is C33H39N3O5. The monoisotopic (exact) mass is 557 g/mol. The van der Waals surface area contributed by atoms with Crippen molar-refractivity contribution in [3.63, 3.8) is 0 Å². The van der Waals surface area contributed by atoms with Gasteiger partial charge >= 0.3 is 6.09 Å². The molecule has 216 valence electrons. The van der Waals surface area contributed by atoms with Crippen molar-refractivity contribution in [3.05, 3.63) is 83.4 Å². The number of carbonyl (C=O) groups excluding carboxylic acids is 3. The Morgan fingerprint density at radius 3 is 1.88 bits per heavy atom. The molecule has 0 radical (unpaired) electrons. The summed E-state index contributed by atoms with van der Waals surface area (Å²) in [6.45, 7) is 13.5. The lowest BCUT2D eigenvalue weighted by atomic mass is 9.87. The van der Waals surface area contributed by atoms with E-state index in [0.29, 0.717) is 48.6 Å². The van der Waals surface area contributed by atoms with Crippen LogP contribution in [0.3, 0.4) is 0 Å². The Balaban J connectivity index is 1.41. The summed E-state index contributed by atoms with van der Waals surface area (Å²) in [7, 11) is 0. The third-order valence-electron chi connectivity index (χ3n) is 6.87. The van der Waals surface area contributed by atoms with Gasteiger partial charge in [-0.05, 0) is 85.3 Å². The van der Waals surface area contributed by atoms with Crippen LogP contribution in [-0.4, -0.2) is 64.6 Å². The highest BCUT2D eigenvalue weighted by Crippen LogP contribution is 2.28. The minimum Gasteiger partial charge on any atom is -0.508 e. The lowest BCUT2D eigenvalue weighted by Gasteiger charge is -2.35. The molecule has 0 unspecified atom stereocenters. The summed E-state index contributed by atoms with van der Waals surface area (Å²) < 4.78 is 5.43. The van der Waals surface area contributed by atoms with E-state index >= 15 is 0 Å². The third kappa shape index (κ3) is 7.66. The van der Waals surface area contributed by atoms with Crippen molar-refractivity contribution in [3.8, 4) is 16.9 Å². The summed E-state index contributed by atoms with van der Waals surface area (Å²) in [6.07, 6.45) is -0.369. The van der Waals surface area contributed by atoms with E-state index in [1.807, 2.05) is 45.0 Å². The smallest absolute Gasteiger partial charge is 0.410 e. The Bertz CT molecular complexity index is 1410. The number of rotatable bonds is 4. The van der Waals surface area contributed by atoms with E-state index in [2.05, 4.69) is 26.1 Å². The maximum atomic E-state index is 13.1. The fourth-order valence-corrected chi connectivity index (χ4v) is 4.57. The molecule has 8 heteroatoms. The van der Waals surface area contributed by atoms with Crippen molar-refractivity contribution in [2.45, 2.75) is 52.6 Å². The van der Waals surface area contributed by atoms with Crippen molar-refractivity contribution in [2.24, 2.45) is 0 Å². The fourth-order valence-electron chi connectivity index (χ4n) is 4.57. The summed E-state index contributed by atoms with van der Waals surface area (Å²) in [4.78, 5) is 41.7. The Labute approximate surface area is 241 Å². The van der Waals surface area contributed by atoms with E-state index in [0.717, 1.165) is 5.56 Å². The number of aromatic hydroxyl groups is 1. The Morgan fingerprint density at radius 2 is 1.32 bits per heavy atom.